The highest BCUT2D eigenvalue weighted by atomic mass is 79.9. The van der Waals surface area contributed by atoms with E-state index in [1.165, 1.54) is 7.11 Å². The number of hydrogen-bond acceptors (Lipinski definition) is 3. The van der Waals surface area contributed by atoms with Crippen molar-refractivity contribution in [2.24, 2.45) is 0 Å². The second-order valence-corrected chi connectivity index (χ2v) is 5.45. The number of aliphatic carboxylic acids is 1. The minimum atomic E-state index is -1.08. The summed E-state index contributed by atoms with van der Waals surface area (Å²) in [5, 5.41) is 11.8. The van der Waals surface area contributed by atoms with Gasteiger partial charge in [-0.2, -0.15) is 0 Å². The SMILES string of the molecule is COCCCC(NC(=O)c1cc(Br)ccc1Cl)C(=O)O. The van der Waals surface area contributed by atoms with Gasteiger partial charge in [0.15, 0.2) is 0 Å². The van der Waals surface area contributed by atoms with Crippen LogP contribution in [0.1, 0.15) is 23.2 Å². The zero-order valence-corrected chi connectivity index (χ0v) is 13.2. The first-order valence-electron chi connectivity index (χ1n) is 5.93. The lowest BCUT2D eigenvalue weighted by molar-refractivity contribution is -0.139. The fraction of sp³-hybridized carbons (Fsp3) is 0.385. The molecule has 110 valence electrons. The molecule has 0 saturated carbocycles. The van der Waals surface area contributed by atoms with Crippen LogP contribution in [-0.4, -0.2) is 36.7 Å². The Morgan fingerprint density at radius 1 is 1.50 bits per heavy atom. The number of nitrogens with one attached hydrogen (secondary N) is 1. The first-order valence-corrected chi connectivity index (χ1v) is 7.10. The Balaban J connectivity index is 2.75. The Kier molecular flexibility index (Phi) is 6.98. The van der Waals surface area contributed by atoms with Crippen molar-refractivity contribution in [2.75, 3.05) is 13.7 Å². The number of carboxylic acid groups (broad SMARTS) is 1. The maximum atomic E-state index is 12.1. The molecule has 7 heteroatoms. The molecule has 0 aliphatic rings. The molecule has 0 heterocycles. The molecule has 0 aromatic heterocycles. The van der Waals surface area contributed by atoms with E-state index >= 15 is 0 Å². The predicted octanol–water partition coefficient (Wildman–Crippen LogP) is 2.71. The molecule has 1 aromatic rings. The van der Waals surface area contributed by atoms with Crippen LogP contribution in [0.5, 0.6) is 0 Å². The van der Waals surface area contributed by atoms with Gasteiger partial charge in [0.2, 0.25) is 0 Å². The molecule has 1 atom stereocenters. The summed E-state index contributed by atoms with van der Waals surface area (Å²) in [5.74, 6) is -1.60. The number of rotatable bonds is 7. The molecular weight excluding hydrogens is 350 g/mol. The van der Waals surface area contributed by atoms with E-state index < -0.39 is 17.9 Å². The third-order valence-electron chi connectivity index (χ3n) is 2.62. The summed E-state index contributed by atoms with van der Waals surface area (Å²) in [7, 11) is 1.54. The van der Waals surface area contributed by atoms with Crippen LogP contribution >= 0.6 is 27.5 Å². The topological polar surface area (TPSA) is 75.6 Å². The summed E-state index contributed by atoms with van der Waals surface area (Å²) in [6.07, 6.45) is 0.834. The highest BCUT2D eigenvalue weighted by Gasteiger charge is 2.21. The molecule has 0 aliphatic carbocycles. The largest absolute Gasteiger partial charge is 0.480 e. The fourth-order valence-corrected chi connectivity index (χ4v) is 2.16. The van der Waals surface area contributed by atoms with Crippen molar-refractivity contribution >= 4 is 39.4 Å². The summed E-state index contributed by atoms with van der Waals surface area (Å²) < 4.78 is 5.56. The Morgan fingerprint density at radius 3 is 2.80 bits per heavy atom. The van der Waals surface area contributed by atoms with E-state index in [0.29, 0.717) is 23.9 Å². The van der Waals surface area contributed by atoms with Crippen LogP contribution in [0, 0.1) is 0 Å². The Bertz CT molecular complexity index is 495. The maximum Gasteiger partial charge on any atom is 0.326 e. The standard InChI is InChI=1S/C13H15BrClNO4/c1-20-6-2-3-11(13(18)19)16-12(17)9-7-8(14)4-5-10(9)15/h4-5,7,11H,2-3,6H2,1H3,(H,16,17)(H,18,19). The lowest BCUT2D eigenvalue weighted by Gasteiger charge is -2.15. The summed E-state index contributed by atoms with van der Waals surface area (Å²) in [5.41, 5.74) is 0.235. The number of benzene rings is 1. The van der Waals surface area contributed by atoms with Gasteiger partial charge >= 0.3 is 5.97 Å². The smallest absolute Gasteiger partial charge is 0.326 e. The van der Waals surface area contributed by atoms with Gasteiger partial charge in [-0.15, -0.1) is 0 Å². The number of carbonyl (C=O) groups is 2. The zero-order valence-electron chi connectivity index (χ0n) is 10.9. The zero-order chi connectivity index (χ0) is 15.1. The molecule has 1 unspecified atom stereocenters. The van der Waals surface area contributed by atoms with Crippen LogP contribution in [0.4, 0.5) is 0 Å². The molecule has 20 heavy (non-hydrogen) atoms. The van der Waals surface area contributed by atoms with Crippen LogP contribution in [0.3, 0.4) is 0 Å². The van der Waals surface area contributed by atoms with Crippen molar-refractivity contribution < 1.29 is 19.4 Å². The Morgan fingerprint density at radius 2 is 2.20 bits per heavy atom. The average Bonchev–Trinajstić information content (AvgIpc) is 2.40. The average molecular weight is 365 g/mol. The highest BCUT2D eigenvalue weighted by molar-refractivity contribution is 9.10. The lowest BCUT2D eigenvalue weighted by atomic mass is 10.1. The van der Waals surface area contributed by atoms with Gasteiger partial charge in [-0.1, -0.05) is 27.5 Å². The van der Waals surface area contributed by atoms with Gasteiger partial charge in [-0.25, -0.2) is 4.79 Å². The van der Waals surface area contributed by atoms with E-state index in [9.17, 15) is 9.59 Å². The van der Waals surface area contributed by atoms with Gasteiger partial charge in [-0.3, -0.25) is 4.79 Å². The third-order valence-corrected chi connectivity index (χ3v) is 3.44. The molecule has 0 spiro atoms. The van der Waals surface area contributed by atoms with Gasteiger partial charge < -0.3 is 15.2 Å². The van der Waals surface area contributed by atoms with Crippen LogP contribution in [0.2, 0.25) is 5.02 Å². The van der Waals surface area contributed by atoms with Gasteiger partial charge in [-0.05, 0) is 31.0 Å². The molecule has 5 nitrogen and oxygen atoms in total. The third kappa shape index (κ3) is 5.11. The highest BCUT2D eigenvalue weighted by Crippen LogP contribution is 2.21. The second-order valence-electron chi connectivity index (χ2n) is 4.12. The molecule has 0 aliphatic heterocycles. The van der Waals surface area contributed by atoms with E-state index in [-0.39, 0.29) is 10.6 Å². The van der Waals surface area contributed by atoms with Crippen molar-refractivity contribution in [3.63, 3.8) is 0 Å². The molecule has 0 bridgehead atoms. The summed E-state index contributed by atoms with van der Waals surface area (Å²) in [6, 6.07) is 3.85. The first-order chi connectivity index (χ1) is 9.45. The van der Waals surface area contributed by atoms with Crippen LogP contribution in [0.15, 0.2) is 22.7 Å². The molecule has 2 N–H and O–H groups in total. The molecule has 1 rings (SSSR count). The van der Waals surface area contributed by atoms with Crippen molar-refractivity contribution in [1.29, 1.82) is 0 Å². The normalized spacial score (nSPS) is 11.9. The minimum absolute atomic E-state index is 0.235. The van der Waals surface area contributed by atoms with Gasteiger partial charge in [0.1, 0.15) is 6.04 Å². The molecule has 0 fully saturated rings. The number of ether oxygens (including phenoxy) is 1. The van der Waals surface area contributed by atoms with Crippen LogP contribution in [-0.2, 0) is 9.53 Å². The first kappa shape index (κ1) is 16.9. The van der Waals surface area contributed by atoms with Crippen molar-refractivity contribution in [3.8, 4) is 0 Å². The Labute approximate surface area is 130 Å². The van der Waals surface area contributed by atoms with E-state index in [0.717, 1.165) is 0 Å². The monoisotopic (exact) mass is 363 g/mol. The van der Waals surface area contributed by atoms with Crippen molar-refractivity contribution in [1.82, 2.24) is 5.32 Å². The number of amides is 1. The van der Waals surface area contributed by atoms with Gasteiger partial charge in [0.05, 0.1) is 10.6 Å². The number of methoxy groups -OCH3 is 1. The number of hydrogen-bond donors (Lipinski definition) is 2. The number of halogens is 2. The van der Waals surface area contributed by atoms with E-state index in [1.54, 1.807) is 18.2 Å². The Hall–Kier alpha value is -1.11. The lowest BCUT2D eigenvalue weighted by Crippen LogP contribution is -2.41. The molecule has 1 amide bonds. The summed E-state index contributed by atoms with van der Waals surface area (Å²) >= 11 is 9.17. The minimum Gasteiger partial charge on any atom is -0.480 e. The van der Waals surface area contributed by atoms with Crippen molar-refractivity contribution in [3.05, 3.63) is 33.3 Å². The molecule has 0 radical (unpaired) electrons. The molecular formula is C13H15BrClNO4. The van der Waals surface area contributed by atoms with Crippen molar-refractivity contribution in [2.45, 2.75) is 18.9 Å². The maximum absolute atomic E-state index is 12.1. The van der Waals surface area contributed by atoms with E-state index in [4.69, 9.17) is 21.4 Å². The van der Waals surface area contributed by atoms with Crippen LogP contribution in [0.25, 0.3) is 0 Å². The van der Waals surface area contributed by atoms with Gasteiger partial charge in [0.25, 0.3) is 5.91 Å². The predicted molar refractivity (Wildman–Crippen MR) is 79.2 cm³/mol. The molecule has 0 saturated heterocycles. The van der Waals surface area contributed by atoms with Gasteiger partial charge in [0, 0.05) is 18.2 Å². The second kappa shape index (κ2) is 8.24. The molecule has 1 aromatic carbocycles. The van der Waals surface area contributed by atoms with Crippen LogP contribution < -0.4 is 5.32 Å². The summed E-state index contributed by atoms with van der Waals surface area (Å²) in [4.78, 5) is 23.2. The quantitative estimate of drug-likeness (QED) is 0.730. The number of carbonyl (C=O) groups excluding carboxylic acids is 1. The van der Waals surface area contributed by atoms with E-state index in [2.05, 4.69) is 21.2 Å². The fourth-order valence-electron chi connectivity index (χ4n) is 1.60. The summed E-state index contributed by atoms with van der Waals surface area (Å²) in [6.45, 7) is 0.442. The number of carboxylic acids is 1. The van der Waals surface area contributed by atoms with E-state index in [1.807, 2.05) is 0 Å².